The first-order valence-corrected chi connectivity index (χ1v) is 6.61. The number of carbonyl (C=O) groups is 1. The molecule has 17 heavy (non-hydrogen) atoms. The maximum absolute atomic E-state index is 11.4. The highest BCUT2D eigenvalue weighted by Crippen LogP contribution is 2.30. The molecule has 0 saturated heterocycles. The van der Waals surface area contributed by atoms with Gasteiger partial charge in [0, 0.05) is 5.57 Å². The summed E-state index contributed by atoms with van der Waals surface area (Å²) in [6.07, 6.45) is 4.81. The summed E-state index contributed by atoms with van der Waals surface area (Å²) in [5.41, 5.74) is 0.662. The summed E-state index contributed by atoms with van der Waals surface area (Å²) < 4.78 is 5.28. The van der Waals surface area contributed by atoms with Crippen LogP contribution < -0.4 is 0 Å². The summed E-state index contributed by atoms with van der Waals surface area (Å²) in [7, 11) is 0. The van der Waals surface area contributed by atoms with Crippen molar-refractivity contribution in [1.82, 2.24) is 0 Å². The highest BCUT2D eigenvalue weighted by Gasteiger charge is 2.25. The Balaban J connectivity index is 4.21. The molecule has 2 heteroatoms. The second-order valence-corrected chi connectivity index (χ2v) is 5.94. The molecule has 0 aromatic carbocycles. The highest BCUT2D eigenvalue weighted by molar-refractivity contribution is 5.86. The Morgan fingerprint density at radius 1 is 1.29 bits per heavy atom. The Morgan fingerprint density at radius 2 is 1.88 bits per heavy atom. The fraction of sp³-hybridized carbons (Fsp3) is 0.800. The van der Waals surface area contributed by atoms with Crippen molar-refractivity contribution in [2.24, 2.45) is 11.3 Å². The Morgan fingerprint density at radius 3 is 2.29 bits per heavy atom. The molecule has 0 bridgehead atoms. The van der Waals surface area contributed by atoms with Gasteiger partial charge < -0.3 is 4.74 Å². The largest absolute Gasteiger partial charge is 0.462 e. The molecule has 1 atom stereocenters. The van der Waals surface area contributed by atoms with Gasteiger partial charge in [0.05, 0.1) is 6.61 Å². The lowest BCUT2D eigenvalue weighted by Gasteiger charge is -2.30. The minimum Gasteiger partial charge on any atom is -0.462 e. The molecule has 2 nitrogen and oxygen atoms in total. The van der Waals surface area contributed by atoms with Gasteiger partial charge in [-0.05, 0) is 24.7 Å². The second kappa shape index (κ2) is 7.52. The first kappa shape index (κ1) is 16.2. The zero-order chi connectivity index (χ0) is 13.5. The molecule has 0 aromatic rings. The molecule has 0 aromatic heterocycles. The van der Waals surface area contributed by atoms with E-state index in [1.54, 1.807) is 6.92 Å². The van der Waals surface area contributed by atoms with E-state index in [1.165, 1.54) is 19.3 Å². The lowest BCUT2D eigenvalue weighted by molar-refractivity contribution is -0.141. The Labute approximate surface area is 106 Å². The van der Waals surface area contributed by atoms with Gasteiger partial charge in [0.1, 0.15) is 0 Å². The highest BCUT2D eigenvalue weighted by atomic mass is 16.5. The fourth-order valence-corrected chi connectivity index (χ4v) is 1.71. The number of hydrogen-bond acceptors (Lipinski definition) is 2. The maximum Gasteiger partial charge on any atom is 0.333 e. The van der Waals surface area contributed by atoms with Gasteiger partial charge in [0.15, 0.2) is 0 Å². The average molecular weight is 240 g/mol. The lowest BCUT2D eigenvalue weighted by Crippen LogP contribution is -2.26. The molecule has 0 saturated carbocycles. The quantitative estimate of drug-likeness (QED) is 0.376. The third kappa shape index (κ3) is 7.19. The molecule has 0 radical (unpaired) electrons. The van der Waals surface area contributed by atoms with Gasteiger partial charge >= 0.3 is 5.97 Å². The van der Waals surface area contributed by atoms with E-state index in [4.69, 9.17) is 4.74 Å². The summed E-state index contributed by atoms with van der Waals surface area (Å²) in [4.78, 5) is 11.4. The standard InChI is InChI=1S/C15H28O2/c1-7-8-9-10-13(15(4,5)6)11-17-14(16)12(2)3/h13H,2,7-11H2,1,3-6H3. The number of carbonyl (C=O) groups excluding carboxylic acids is 1. The van der Waals surface area contributed by atoms with Crippen molar-refractivity contribution in [3.63, 3.8) is 0 Å². The average Bonchev–Trinajstić information content (AvgIpc) is 2.20. The Bertz CT molecular complexity index is 248. The van der Waals surface area contributed by atoms with Gasteiger partial charge in [-0.2, -0.15) is 0 Å². The van der Waals surface area contributed by atoms with Crippen molar-refractivity contribution in [2.75, 3.05) is 6.61 Å². The zero-order valence-electron chi connectivity index (χ0n) is 12.1. The molecule has 0 N–H and O–H groups in total. The Kier molecular flexibility index (Phi) is 7.17. The summed E-state index contributed by atoms with van der Waals surface area (Å²) >= 11 is 0. The SMILES string of the molecule is C=C(C)C(=O)OCC(CCCCC)C(C)(C)C. The van der Waals surface area contributed by atoms with E-state index in [0.29, 0.717) is 18.1 Å². The minimum absolute atomic E-state index is 0.184. The van der Waals surface area contributed by atoms with Gasteiger partial charge in [-0.25, -0.2) is 4.79 Å². The number of rotatable bonds is 7. The van der Waals surface area contributed by atoms with Crippen LogP contribution in [0.25, 0.3) is 0 Å². The number of hydrogen-bond donors (Lipinski definition) is 0. The van der Waals surface area contributed by atoms with E-state index < -0.39 is 0 Å². The maximum atomic E-state index is 11.4. The summed E-state index contributed by atoms with van der Waals surface area (Å²) in [6.45, 7) is 14.6. The van der Waals surface area contributed by atoms with E-state index in [-0.39, 0.29) is 11.4 Å². The van der Waals surface area contributed by atoms with Crippen LogP contribution in [-0.4, -0.2) is 12.6 Å². The monoisotopic (exact) mass is 240 g/mol. The van der Waals surface area contributed by atoms with Crippen molar-refractivity contribution in [1.29, 1.82) is 0 Å². The van der Waals surface area contributed by atoms with Crippen molar-refractivity contribution in [2.45, 2.75) is 60.3 Å². The van der Waals surface area contributed by atoms with Gasteiger partial charge in [0.25, 0.3) is 0 Å². The molecular formula is C15H28O2. The molecule has 0 spiro atoms. The summed E-state index contributed by atoms with van der Waals surface area (Å²) in [5.74, 6) is 0.159. The number of esters is 1. The van der Waals surface area contributed by atoms with E-state index in [0.717, 1.165) is 6.42 Å². The first-order valence-electron chi connectivity index (χ1n) is 6.61. The molecule has 0 rings (SSSR count). The predicted molar refractivity (Wildman–Crippen MR) is 72.9 cm³/mol. The van der Waals surface area contributed by atoms with Gasteiger partial charge in [-0.1, -0.05) is 53.5 Å². The second-order valence-electron chi connectivity index (χ2n) is 5.94. The van der Waals surface area contributed by atoms with E-state index in [9.17, 15) is 4.79 Å². The smallest absolute Gasteiger partial charge is 0.333 e. The molecule has 0 amide bonds. The molecular weight excluding hydrogens is 212 g/mol. The van der Waals surface area contributed by atoms with Gasteiger partial charge in [-0.15, -0.1) is 0 Å². The zero-order valence-corrected chi connectivity index (χ0v) is 12.1. The third-order valence-electron chi connectivity index (χ3n) is 3.14. The Hall–Kier alpha value is -0.790. The molecule has 100 valence electrons. The van der Waals surface area contributed by atoms with Crippen LogP contribution in [0.4, 0.5) is 0 Å². The van der Waals surface area contributed by atoms with Crippen molar-refractivity contribution in [3.05, 3.63) is 12.2 Å². The van der Waals surface area contributed by atoms with Crippen LogP contribution in [0, 0.1) is 11.3 Å². The van der Waals surface area contributed by atoms with Crippen LogP contribution in [0.15, 0.2) is 12.2 Å². The lowest BCUT2D eigenvalue weighted by atomic mass is 9.78. The molecule has 0 aliphatic carbocycles. The van der Waals surface area contributed by atoms with Crippen molar-refractivity contribution < 1.29 is 9.53 Å². The van der Waals surface area contributed by atoms with E-state index in [2.05, 4.69) is 34.3 Å². The van der Waals surface area contributed by atoms with Gasteiger partial charge in [0.2, 0.25) is 0 Å². The van der Waals surface area contributed by atoms with Crippen LogP contribution in [0.1, 0.15) is 60.3 Å². The van der Waals surface area contributed by atoms with Crippen molar-refractivity contribution in [3.8, 4) is 0 Å². The van der Waals surface area contributed by atoms with Crippen molar-refractivity contribution >= 4 is 5.97 Å². The number of unbranched alkanes of at least 4 members (excludes halogenated alkanes) is 2. The summed E-state index contributed by atoms with van der Waals surface area (Å²) in [6, 6.07) is 0. The fourth-order valence-electron chi connectivity index (χ4n) is 1.71. The number of ether oxygens (including phenoxy) is 1. The first-order chi connectivity index (χ1) is 7.79. The molecule has 0 aliphatic rings. The topological polar surface area (TPSA) is 26.3 Å². The van der Waals surface area contributed by atoms with Crippen LogP contribution in [0.3, 0.4) is 0 Å². The normalized spacial score (nSPS) is 13.2. The molecule has 0 fully saturated rings. The molecule has 1 unspecified atom stereocenters. The van der Waals surface area contributed by atoms with E-state index >= 15 is 0 Å². The van der Waals surface area contributed by atoms with Gasteiger partial charge in [-0.3, -0.25) is 0 Å². The molecule has 0 heterocycles. The van der Waals surface area contributed by atoms with Crippen LogP contribution >= 0.6 is 0 Å². The van der Waals surface area contributed by atoms with E-state index in [1.807, 2.05) is 0 Å². The van der Waals surface area contributed by atoms with Crippen LogP contribution in [0.2, 0.25) is 0 Å². The minimum atomic E-state index is -0.269. The summed E-state index contributed by atoms with van der Waals surface area (Å²) in [5, 5.41) is 0. The van der Waals surface area contributed by atoms with Crippen LogP contribution in [0.5, 0.6) is 0 Å². The molecule has 0 aliphatic heterocycles. The third-order valence-corrected chi connectivity index (χ3v) is 3.14. The van der Waals surface area contributed by atoms with Crippen LogP contribution in [-0.2, 0) is 9.53 Å². The predicted octanol–water partition coefficient (Wildman–Crippen LogP) is 4.35.